The maximum absolute atomic E-state index is 12.8. The molecule has 3 aromatic rings. The van der Waals surface area contributed by atoms with E-state index < -0.39 is 11.0 Å². The third-order valence-electron chi connectivity index (χ3n) is 5.46. The molecule has 0 saturated carbocycles. The first-order valence-corrected chi connectivity index (χ1v) is 13.4. The summed E-state index contributed by atoms with van der Waals surface area (Å²) >= 11 is 1.75. The van der Waals surface area contributed by atoms with Crippen LogP contribution in [-0.2, 0) is 17.5 Å². The number of aromatic nitrogens is 1. The summed E-state index contributed by atoms with van der Waals surface area (Å²) in [4.78, 5) is 22.2. The second kappa shape index (κ2) is 10.6. The van der Waals surface area contributed by atoms with Crippen molar-refractivity contribution in [1.82, 2.24) is 14.6 Å². The van der Waals surface area contributed by atoms with E-state index in [4.69, 9.17) is 9.72 Å². The molecule has 1 fully saturated rings. The van der Waals surface area contributed by atoms with Crippen LogP contribution in [0.3, 0.4) is 0 Å². The number of nitrogens with zero attached hydrogens (tertiary/aromatic N) is 3. The number of para-hydroxylation sites is 1. The smallest absolute Gasteiger partial charge is 0.265 e. The summed E-state index contributed by atoms with van der Waals surface area (Å²) in [5.41, 5.74) is 2.39. The minimum absolute atomic E-state index is 0.0378. The number of hydrogen-bond acceptors (Lipinski definition) is 7. The molecule has 1 amide bonds. The van der Waals surface area contributed by atoms with Crippen molar-refractivity contribution < 1.29 is 13.7 Å². The molecule has 1 atom stereocenters. The van der Waals surface area contributed by atoms with Crippen LogP contribution in [-0.4, -0.2) is 58.0 Å². The van der Waals surface area contributed by atoms with Gasteiger partial charge in [0.05, 0.1) is 34.1 Å². The lowest BCUT2D eigenvalue weighted by atomic mass is 10.1. The van der Waals surface area contributed by atoms with Crippen molar-refractivity contribution in [1.29, 1.82) is 0 Å². The number of thiazole rings is 1. The fourth-order valence-electron chi connectivity index (χ4n) is 3.87. The van der Waals surface area contributed by atoms with Crippen molar-refractivity contribution in [2.45, 2.75) is 33.4 Å². The predicted molar refractivity (Wildman–Crippen MR) is 135 cm³/mol. The summed E-state index contributed by atoms with van der Waals surface area (Å²) in [7, 11) is -1.38. The molecule has 0 radical (unpaired) electrons. The predicted octanol–water partition coefficient (Wildman–Crippen LogP) is 3.82. The monoisotopic (exact) mass is 486 g/mol. The number of anilines is 1. The van der Waals surface area contributed by atoms with Gasteiger partial charge in [-0.2, -0.15) is 0 Å². The first-order chi connectivity index (χ1) is 15.9. The van der Waals surface area contributed by atoms with Crippen LogP contribution in [0.4, 0.5) is 5.69 Å². The molecule has 0 bridgehead atoms. The van der Waals surface area contributed by atoms with E-state index in [0.29, 0.717) is 11.3 Å². The second-order valence-electron chi connectivity index (χ2n) is 8.25. The Morgan fingerprint density at radius 1 is 1.18 bits per heavy atom. The van der Waals surface area contributed by atoms with E-state index in [1.807, 2.05) is 32.0 Å². The number of amides is 1. The average molecular weight is 487 g/mol. The van der Waals surface area contributed by atoms with Crippen molar-refractivity contribution in [2.24, 2.45) is 0 Å². The molecular formula is C24H30N4O3S2. The minimum Gasteiger partial charge on any atom is -0.491 e. The highest BCUT2D eigenvalue weighted by Gasteiger charge is 2.24. The second-order valence-corrected chi connectivity index (χ2v) is 10.8. The van der Waals surface area contributed by atoms with E-state index in [1.165, 1.54) is 4.70 Å². The fourth-order valence-corrected chi connectivity index (χ4v) is 5.34. The molecule has 7 nitrogen and oxygen atoms in total. The molecular weight excluding hydrogens is 456 g/mol. The molecule has 1 saturated heterocycles. The summed E-state index contributed by atoms with van der Waals surface area (Å²) in [5.74, 6) is 0.781. The van der Waals surface area contributed by atoms with Crippen molar-refractivity contribution in [3.63, 3.8) is 0 Å². The molecule has 33 heavy (non-hydrogen) atoms. The van der Waals surface area contributed by atoms with Crippen molar-refractivity contribution >= 4 is 44.1 Å². The van der Waals surface area contributed by atoms with Crippen LogP contribution in [0.2, 0.25) is 0 Å². The maximum Gasteiger partial charge on any atom is 0.265 e. The van der Waals surface area contributed by atoms with E-state index in [1.54, 1.807) is 30.4 Å². The van der Waals surface area contributed by atoms with Gasteiger partial charge in [-0.3, -0.25) is 14.4 Å². The fraction of sp³-hybridized carbons (Fsp3) is 0.417. The van der Waals surface area contributed by atoms with Gasteiger partial charge in [-0.05, 0) is 38.1 Å². The molecule has 2 aromatic carbocycles. The lowest BCUT2D eigenvalue weighted by Crippen LogP contribution is -2.46. The van der Waals surface area contributed by atoms with Crippen molar-refractivity contribution in [3.8, 4) is 5.75 Å². The maximum atomic E-state index is 12.8. The molecule has 0 aliphatic carbocycles. The van der Waals surface area contributed by atoms with Gasteiger partial charge in [0, 0.05) is 38.0 Å². The Bertz CT molecular complexity index is 1110. The van der Waals surface area contributed by atoms with E-state index in [9.17, 15) is 9.00 Å². The Morgan fingerprint density at radius 3 is 2.64 bits per heavy atom. The van der Waals surface area contributed by atoms with E-state index in [2.05, 4.69) is 26.7 Å². The third kappa shape index (κ3) is 5.90. The summed E-state index contributed by atoms with van der Waals surface area (Å²) in [6.45, 7) is 9.87. The van der Waals surface area contributed by atoms with E-state index in [-0.39, 0.29) is 12.0 Å². The molecule has 9 heteroatoms. The van der Waals surface area contributed by atoms with Crippen LogP contribution in [0.5, 0.6) is 5.75 Å². The molecule has 1 unspecified atom stereocenters. The number of ether oxygens (including phenoxy) is 1. The zero-order valence-corrected chi connectivity index (χ0v) is 20.9. The van der Waals surface area contributed by atoms with E-state index in [0.717, 1.165) is 54.7 Å². The van der Waals surface area contributed by atoms with E-state index >= 15 is 0 Å². The molecule has 1 aliphatic heterocycles. The van der Waals surface area contributed by atoms with Crippen LogP contribution in [0, 0.1) is 0 Å². The van der Waals surface area contributed by atoms with Gasteiger partial charge in [-0.25, -0.2) is 9.19 Å². The number of rotatable bonds is 8. The zero-order chi connectivity index (χ0) is 23.4. The summed E-state index contributed by atoms with van der Waals surface area (Å²) in [6, 6.07) is 13.7. The lowest BCUT2D eigenvalue weighted by molar-refractivity contribution is 0.0983. The average Bonchev–Trinajstić information content (AvgIpc) is 3.21. The van der Waals surface area contributed by atoms with Gasteiger partial charge in [0.2, 0.25) is 0 Å². The molecule has 176 valence electrons. The van der Waals surface area contributed by atoms with Crippen LogP contribution in [0.25, 0.3) is 10.2 Å². The first-order valence-electron chi connectivity index (χ1n) is 11.2. The Labute approximate surface area is 201 Å². The highest BCUT2D eigenvalue weighted by Crippen LogP contribution is 2.29. The largest absolute Gasteiger partial charge is 0.491 e. The number of carbonyl (C=O) groups excluding carboxylic acids is 1. The van der Waals surface area contributed by atoms with Gasteiger partial charge < -0.3 is 9.64 Å². The van der Waals surface area contributed by atoms with Crippen LogP contribution in [0.1, 0.15) is 36.1 Å². The molecule has 0 spiro atoms. The highest BCUT2D eigenvalue weighted by atomic mass is 32.2. The number of piperazine rings is 1. The van der Waals surface area contributed by atoms with Crippen molar-refractivity contribution in [3.05, 3.63) is 53.0 Å². The van der Waals surface area contributed by atoms with Gasteiger partial charge in [-0.1, -0.05) is 19.1 Å². The van der Waals surface area contributed by atoms with Gasteiger partial charge in [0.15, 0.2) is 0 Å². The van der Waals surface area contributed by atoms with Crippen molar-refractivity contribution in [2.75, 3.05) is 36.8 Å². The van der Waals surface area contributed by atoms with Crippen LogP contribution >= 0.6 is 11.3 Å². The molecule has 1 N–H and O–H groups in total. The third-order valence-corrected chi connectivity index (χ3v) is 7.42. The van der Waals surface area contributed by atoms with Gasteiger partial charge >= 0.3 is 0 Å². The Morgan fingerprint density at radius 2 is 1.94 bits per heavy atom. The first kappa shape index (κ1) is 23.7. The van der Waals surface area contributed by atoms with Crippen LogP contribution < -0.4 is 14.4 Å². The Hall–Kier alpha value is -2.49. The van der Waals surface area contributed by atoms with Crippen LogP contribution in [0.15, 0.2) is 42.5 Å². The molecule has 4 rings (SSSR count). The number of hydrogen-bond donors (Lipinski definition) is 1. The highest BCUT2D eigenvalue weighted by molar-refractivity contribution is 7.83. The SMILES string of the molecule is CCS(=O)NC(=O)c1ccc(OC(C)C)cc1N1CCN(Cc2nc3ccccc3s2)CC1. The van der Waals surface area contributed by atoms with Gasteiger partial charge in [0.25, 0.3) is 5.91 Å². The normalized spacial score (nSPS) is 15.7. The minimum atomic E-state index is -1.38. The quantitative estimate of drug-likeness (QED) is 0.522. The molecule has 1 aliphatic rings. The summed E-state index contributed by atoms with van der Waals surface area (Å²) in [5, 5.41) is 1.12. The molecule has 1 aromatic heterocycles. The van der Waals surface area contributed by atoms with Gasteiger partial charge in [0.1, 0.15) is 21.7 Å². The lowest BCUT2D eigenvalue weighted by Gasteiger charge is -2.36. The standard InChI is InChI=1S/C24H30N4O3S2/c1-4-33(30)26-24(29)19-10-9-18(31-17(2)3)15-21(19)28-13-11-27(12-14-28)16-23-25-20-7-5-6-8-22(20)32-23/h5-10,15,17H,4,11-14,16H2,1-3H3,(H,26,29). The number of benzene rings is 2. The topological polar surface area (TPSA) is 74.8 Å². The molecule has 2 heterocycles. The summed E-state index contributed by atoms with van der Waals surface area (Å²) < 4.78 is 21.6. The van der Waals surface area contributed by atoms with Gasteiger partial charge in [-0.15, -0.1) is 11.3 Å². The Balaban J connectivity index is 1.48. The summed E-state index contributed by atoms with van der Waals surface area (Å²) in [6.07, 6.45) is 0.0378. The Kier molecular flexibility index (Phi) is 7.62. The zero-order valence-electron chi connectivity index (χ0n) is 19.2. The number of carbonyl (C=O) groups is 1. The number of fused-ring (bicyclic) bond motifs is 1. The number of nitrogens with one attached hydrogen (secondary N) is 1.